The van der Waals surface area contributed by atoms with E-state index in [0.29, 0.717) is 10.0 Å². The summed E-state index contributed by atoms with van der Waals surface area (Å²) in [6, 6.07) is 12.8. The number of rotatable bonds is 6. The number of barbiturate groups is 1. The predicted octanol–water partition coefficient (Wildman–Crippen LogP) is 5.09. The van der Waals surface area contributed by atoms with Gasteiger partial charge in [0, 0.05) is 10.0 Å². The summed E-state index contributed by atoms with van der Waals surface area (Å²) in [7, 11) is -3.05. The van der Waals surface area contributed by atoms with Gasteiger partial charge >= 0.3 is 16.1 Å². The number of hydrogen-bond donors (Lipinski definition) is 1. The Bertz CT molecular complexity index is 1550. The van der Waals surface area contributed by atoms with Crippen LogP contribution in [0.15, 0.2) is 71.1 Å². The van der Waals surface area contributed by atoms with E-state index in [1.165, 1.54) is 73.8 Å². The van der Waals surface area contributed by atoms with Crippen LogP contribution < -0.4 is 19.1 Å². The highest BCUT2D eigenvalue weighted by Crippen LogP contribution is 2.39. The molecule has 3 aromatic carbocycles. The highest BCUT2D eigenvalue weighted by atomic mass is 35.5. The predicted molar refractivity (Wildman–Crippen MR) is 138 cm³/mol. The molecule has 1 fully saturated rings. The molecule has 0 atom stereocenters. The first-order valence-corrected chi connectivity index (χ1v) is 12.8. The van der Waals surface area contributed by atoms with Crippen molar-refractivity contribution in [2.24, 2.45) is 0 Å². The lowest BCUT2D eigenvalue weighted by molar-refractivity contribution is -0.122. The van der Waals surface area contributed by atoms with Crippen LogP contribution in [0.4, 0.5) is 10.5 Å². The Morgan fingerprint density at radius 1 is 0.892 bits per heavy atom. The zero-order valence-electron chi connectivity index (χ0n) is 18.7. The first-order chi connectivity index (χ1) is 17.5. The van der Waals surface area contributed by atoms with Gasteiger partial charge in [0.25, 0.3) is 11.8 Å². The summed E-state index contributed by atoms with van der Waals surface area (Å²) in [6.07, 6.45) is 1.18. The van der Waals surface area contributed by atoms with E-state index in [9.17, 15) is 22.8 Å². The second-order valence-corrected chi connectivity index (χ2v) is 10.3. The van der Waals surface area contributed by atoms with Crippen molar-refractivity contribution in [3.8, 4) is 11.5 Å². The number of methoxy groups -OCH3 is 1. The average molecular weight is 582 g/mol. The molecule has 1 aliphatic heterocycles. The number of anilines is 1. The van der Waals surface area contributed by atoms with Gasteiger partial charge in [0.1, 0.15) is 10.5 Å². The van der Waals surface area contributed by atoms with Gasteiger partial charge in [-0.05, 0) is 72.3 Å². The zero-order chi connectivity index (χ0) is 26.9. The van der Waals surface area contributed by atoms with Gasteiger partial charge < -0.3 is 8.92 Å². The first-order valence-electron chi connectivity index (χ1n) is 10.2. The zero-order valence-corrected chi connectivity index (χ0v) is 21.8. The highest BCUT2D eigenvalue weighted by molar-refractivity contribution is 7.87. The molecule has 1 N–H and O–H groups in total. The summed E-state index contributed by atoms with van der Waals surface area (Å²) in [5.74, 6) is -2.22. The maximum atomic E-state index is 13.1. The lowest BCUT2D eigenvalue weighted by Gasteiger charge is -2.26. The van der Waals surface area contributed by atoms with Crippen molar-refractivity contribution in [1.82, 2.24) is 5.32 Å². The summed E-state index contributed by atoms with van der Waals surface area (Å²) in [6.45, 7) is 0. The van der Waals surface area contributed by atoms with E-state index in [0.717, 1.165) is 4.90 Å². The number of carbonyl (C=O) groups is 3. The Hall–Kier alpha value is -3.57. The van der Waals surface area contributed by atoms with E-state index in [1.54, 1.807) is 0 Å². The third-order valence-electron chi connectivity index (χ3n) is 5.04. The van der Waals surface area contributed by atoms with Crippen molar-refractivity contribution in [2.45, 2.75) is 4.90 Å². The van der Waals surface area contributed by atoms with E-state index in [1.807, 2.05) is 0 Å². The van der Waals surface area contributed by atoms with Gasteiger partial charge in [0.2, 0.25) is 5.75 Å². The second-order valence-electron chi connectivity index (χ2n) is 7.46. The van der Waals surface area contributed by atoms with Crippen molar-refractivity contribution in [3.63, 3.8) is 0 Å². The number of nitrogens with one attached hydrogen (secondary N) is 1. The van der Waals surface area contributed by atoms with E-state index in [4.69, 9.17) is 43.7 Å². The summed E-state index contributed by atoms with van der Waals surface area (Å²) >= 11 is 18.0. The Morgan fingerprint density at radius 3 is 2.08 bits per heavy atom. The van der Waals surface area contributed by atoms with E-state index in [-0.39, 0.29) is 38.2 Å². The number of imide groups is 2. The summed E-state index contributed by atoms with van der Waals surface area (Å²) in [5, 5.41) is 2.65. The van der Waals surface area contributed by atoms with Crippen LogP contribution in [0.5, 0.6) is 11.5 Å². The van der Waals surface area contributed by atoms with Gasteiger partial charge in [0.05, 0.1) is 17.8 Å². The first kappa shape index (κ1) is 26.5. The molecule has 0 saturated carbocycles. The Balaban J connectivity index is 1.69. The average Bonchev–Trinajstić information content (AvgIpc) is 2.84. The molecular weight excluding hydrogens is 567 g/mol. The topological polar surface area (TPSA) is 119 Å². The van der Waals surface area contributed by atoms with Crippen molar-refractivity contribution in [3.05, 3.63) is 86.9 Å². The van der Waals surface area contributed by atoms with Crippen LogP contribution in [0.1, 0.15) is 5.56 Å². The van der Waals surface area contributed by atoms with Crippen molar-refractivity contribution >= 4 is 74.5 Å². The maximum absolute atomic E-state index is 13.1. The normalized spacial score (nSPS) is 15.1. The second kappa shape index (κ2) is 10.4. The van der Waals surface area contributed by atoms with E-state index >= 15 is 0 Å². The molecule has 4 rings (SSSR count). The van der Waals surface area contributed by atoms with Crippen LogP contribution in [0, 0.1) is 0 Å². The Labute approximate surface area is 226 Å². The molecule has 37 heavy (non-hydrogen) atoms. The number of halogens is 3. The third-order valence-corrected chi connectivity index (χ3v) is 7.06. The molecule has 1 saturated heterocycles. The molecule has 3 aromatic rings. The lowest BCUT2D eigenvalue weighted by Crippen LogP contribution is -2.54. The molecule has 0 bridgehead atoms. The van der Waals surface area contributed by atoms with Crippen LogP contribution in [0.3, 0.4) is 0 Å². The largest absolute Gasteiger partial charge is 0.493 e. The molecule has 190 valence electrons. The van der Waals surface area contributed by atoms with Crippen LogP contribution in [-0.4, -0.2) is 33.4 Å². The highest BCUT2D eigenvalue weighted by Gasteiger charge is 2.37. The van der Waals surface area contributed by atoms with Crippen LogP contribution >= 0.6 is 34.8 Å². The molecule has 0 radical (unpaired) electrons. The molecule has 0 aliphatic carbocycles. The van der Waals surface area contributed by atoms with Crippen LogP contribution in [0.2, 0.25) is 15.1 Å². The standard InChI is InChI=1S/C24H15Cl3N2O7S/c1-35-20-12-13(11-19(27)21(20)36-37(33,34)17-8-4-15(26)5-9-17)10-18-22(30)28-24(32)29(23(18)31)16-6-2-14(25)3-7-16/h2-12H,1H3,(H,28,30,32)/b18-10+. The van der Waals surface area contributed by atoms with Crippen LogP contribution in [0.25, 0.3) is 6.08 Å². The van der Waals surface area contributed by atoms with Gasteiger partial charge in [-0.2, -0.15) is 8.42 Å². The van der Waals surface area contributed by atoms with Crippen LogP contribution in [-0.2, 0) is 19.7 Å². The fourth-order valence-electron chi connectivity index (χ4n) is 3.31. The van der Waals surface area contributed by atoms with Gasteiger partial charge in [-0.25, -0.2) is 9.69 Å². The number of amides is 4. The Morgan fingerprint density at radius 2 is 1.49 bits per heavy atom. The molecule has 0 spiro atoms. The number of ether oxygens (including phenoxy) is 1. The lowest BCUT2D eigenvalue weighted by atomic mass is 10.1. The number of urea groups is 1. The van der Waals surface area contributed by atoms with Gasteiger partial charge in [0.15, 0.2) is 5.75 Å². The Kier molecular flexibility index (Phi) is 7.47. The number of nitrogens with zero attached hydrogens (tertiary/aromatic N) is 1. The van der Waals surface area contributed by atoms with E-state index < -0.39 is 28.0 Å². The quantitative estimate of drug-likeness (QED) is 0.245. The minimum absolute atomic E-state index is 0.0915. The molecule has 1 aliphatic rings. The maximum Gasteiger partial charge on any atom is 0.339 e. The summed E-state index contributed by atoms with van der Waals surface area (Å²) in [5.41, 5.74) is 0.00851. The minimum Gasteiger partial charge on any atom is -0.493 e. The molecule has 0 aromatic heterocycles. The van der Waals surface area contributed by atoms with Gasteiger partial charge in [-0.1, -0.05) is 34.8 Å². The smallest absolute Gasteiger partial charge is 0.339 e. The number of carbonyl (C=O) groups excluding carboxylic acids is 3. The van der Waals surface area contributed by atoms with Gasteiger partial charge in [-0.15, -0.1) is 0 Å². The summed E-state index contributed by atoms with van der Waals surface area (Å²) < 4.78 is 35.9. The van der Waals surface area contributed by atoms with E-state index in [2.05, 4.69) is 5.32 Å². The molecule has 1 heterocycles. The molecule has 9 nitrogen and oxygen atoms in total. The fraction of sp³-hybridized carbons (Fsp3) is 0.0417. The number of benzene rings is 3. The molecule has 4 amide bonds. The fourth-order valence-corrected chi connectivity index (χ4v) is 4.82. The van der Waals surface area contributed by atoms with Crippen molar-refractivity contribution < 1.29 is 31.7 Å². The number of hydrogen-bond acceptors (Lipinski definition) is 7. The molecule has 0 unspecified atom stereocenters. The SMILES string of the molecule is COc1cc(/C=C2\C(=O)NC(=O)N(c3ccc(Cl)cc3)C2=O)cc(Cl)c1OS(=O)(=O)c1ccc(Cl)cc1. The monoisotopic (exact) mass is 580 g/mol. The van der Waals surface area contributed by atoms with Gasteiger partial charge in [-0.3, -0.25) is 14.9 Å². The molecule has 13 heteroatoms. The third kappa shape index (κ3) is 5.57. The summed E-state index contributed by atoms with van der Waals surface area (Å²) in [4.78, 5) is 38.5. The minimum atomic E-state index is -4.30. The molecular formula is C24H15Cl3N2O7S. The van der Waals surface area contributed by atoms with Crippen molar-refractivity contribution in [2.75, 3.05) is 12.0 Å². The van der Waals surface area contributed by atoms with Crippen molar-refractivity contribution in [1.29, 1.82) is 0 Å².